The fraction of sp³-hybridized carbons (Fsp3) is 0.200. The van der Waals surface area contributed by atoms with Gasteiger partial charge in [0.1, 0.15) is 17.7 Å². The van der Waals surface area contributed by atoms with Crippen LogP contribution in [-0.4, -0.2) is 16.1 Å². The van der Waals surface area contributed by atoms with E-state index in [4.69, 9.17) is 4.74 Å². The first-order valence-corrected chi connectivity index (χ1v) is 7.43. The zero-order valence-corrected chi connectivity index (χ0v) is 11.0. The van der Waals surface area contributed by atoms with Crippen molar-refractivity contribution in [3.8, 4) is 5.75 Å². The first kappa shape index (κ1) is 12.4. The Balaban J connectivity index is 1.67. The molecular formula is C15H13FO2S. The van der Waals surface area contributed by atoms with Crippen LogP contribution in [0.4, 0.5) is 4.39 Å². The van der Waals surface area contributed by atoms with E-state index in [2.05, 4.69) is 0 Å². The van der Waals surface area contributed by atoms with Gasteiger partial charge in [0.2, 0.25) is 0 Å². The Hall–Kier alpha value is -1.68. The van der Waals surface area contributed by atoms with E-state index in [1.54, 1.807) is 12.1 Å². The standard InChI is InChI=1S/C15H13FO2S/c16-12-5-7-14(8-6-12)19(17)10-13-9-11-3-1-2-4-15(11)18-13/h1-8,13H,9-10H2. The Morgan fingerprint density at radius 3 is 2.63 bits per heavy atom. The molecule has 2 nitrogen and oxygen atoms in total. The second kappa shape index (κ2) is 5.13. The van der Waals surface area contributed by atoms with Crippen LogP contribution >= 0.6 is 0 Å². The minimum atomic E-state index is -1.16. The van der Waals surface area contributed by atoms with Gasteiger partial charge in [0.25, 0.3) is 0 Å². The van der Waals surface area contributed by atoms with E-state index in [9.17, 15) is 8.60 Å². The molecule has 0 aromatic heterocycles. The lowest BCUT2D eigenvalue weighted by molar-refractivity contribution is 0.258. The molecule has 0 aliphatic carbocycles. The Morgan fingerprint density at radius 2 is 1.89 bits per heavy atom. The van der Waals surface area contributed by atoms with Crippen molar-refractivity contribution in [2.45, 2.75) is 17.4 Å². The lowest BCUT2D eigenvalue weighted by Crippen LogP contribution is -2.21. The second-order valence-corrected chi connectivity index (χ2v) is 6.01. The first-order chi connectivity index (χ1) is 9.22. The number of hydrogen-bond acceptors (Lipinski definition) is 2. The van der Waals surface area contributed by atoms with Gasteiger partial charge in [-0.25, -0.2) is 4.39 Å². The summed E-state index contributed by atoms with van der Waals surface area (Å²) in [5, 5.41) is 0. The molecule has 0 amide bonds. The third kappa shape index (κ3) is 2.68. The zero-order chi connectivity index (χ0) is 13.2. The highest BCUT2D eigenvalue weighted by Crippen LogP contribution is 2.28. The Labute approximate surface area is 113 Å². The quantitative estimate of drug-likeness (QED) is 0.861. The molecule has 0 saturated heterocycles. The number of ether oxygens (including phenoxy) is 1. The Bertz CT molecular complexity index is 585. The molecule has 19 heavy (non-hydrogen) atoms. The van der Waals surface area contributed by atoms with Gasteiger partial charge >= 0.3 is 0 Å². The van der Waals surface area contributed by atoms with Gasteiger partial charge in [-0.1, -0.05) is 18.2 Å². The first-order valence-electron chi connectivity index (χ1n) is 6.11. The van der Waals surface area contributed by atoms with Crippen LogP contribution in [0.15, 0.2) is 53.4 Å². The lowest BCUT2D eigenvalue weighted by atomic mass is 10.1. The van der Waals surface area contributed by atoms with Crippen molar-refractivity contribution < 1.29 is 13.3 Å². The molecule has 0 bridgehead atoms. The molecule has 4 heteroatoms. The summed E-state index contributed by atoms with van der Waals surface area (Å²) >= 11 is 0. The summed E-state index contributed by atoms with van der Waals surface area (Å²) in [5.74, 6) is 0.995. The van der Waals surface area contributed by atoms with E-state index in [0.29, 0.717) is 10.6 Å². The van der Waals surface area contributed by atoms with Crippen LogP contribution in [0.2, 0.25) is 0 Å². The van der Waals surface area contributed by atoms with Gasteiger partial charge in [-0.3, -0.25) is 4.21 Å². The SMILES string of the molecule is O=S(CC1Cc2ccccc2O1)c1ccc(F)cc1. The third-order valence-corrected chi connectivity index (χ3v) is 4.60. The van der Waals surface area contributed by atoms with Crippen LogP contribution in [0.5, 0.6) is 5.75 Å². The molecule has 0 fully saturated rings. The molecule has 0 radical (unpaired) electrons. The molecule has 3 rings (SSSR count). The molecule has 0 N–H and O–H groups in total. The van der Waals surface area contributed by atoms with Crippen LogP contribution in [0.3, 0.4) is 0 Å². The predicted octanol–water partition coefficient (Wildman–Crippen LogP) is 2.94. The van der Waals surface area contributed by atoms with E-state index >= 15 is 0 Å². The summed E-state index contributed by atoms with van der Waals surface area (Å²) in [7, 11) is -1.16. The molecular weight excluding hydrogens is 263 g/mol. The Morgan fingerprint density at radius 1 is 1.16 bits per heavy atom. The van der Waals surface area contributed by atoms with Crippen molar-refractivity contribution in [2.75, 3.05) is 5.75 Å². The summed E-state index contributed by atoms with van der Waals surface area (Å²) in [6, 6.07) is 13.6. The van der Waals surface area contributed by atoms with Crippen LogP contribution in [0, 0.1) is 5.82 Å². The van der Waals surface area contributed by atoms with E-state index in [-0.39, 0.29) is 11.9 Å². The van der Waals surface area contributed by atoms with Crippen LogP contribution in [-0.2, 0) is 17.2 Å². The smallest absolute Gasteiger partial charge is 0.123 e. The zero-order valence-electron chi connectivity index (χ0n) is 10.2. The van der Waals surface area contributed by atoms with Crippen LogP contribution in [0.25, 0.3) is 0 Å². The molecule has 0 spiro atoms. The summed E-state index contributed by atoms with van der Waals surface area (Å²) in [4.78, 5) is 0.640. The highest BCUT2D eigenvalue weighted by molar-refractivity contribution is 7.85. The molecule has 0 saturated carbocycles. The van der Waals surface area contributed by atoms with Gasteiger partial charge in [0.05, 0.1) is 16.6 Å². The van der Waals surface area contributed by atoms with E-state index in [0.717, 1.165) is 17.7 Å². The summed E-state index contributed by atoms with van der Waals surface area (Å²) < 4.78 is 30.7. The van der Waals surface area contributed by atoms with Crippen molar-refractivity contribution >= 4 is 10.8 Å². The lowest BCUT2D eigenvalue weighted by Gasteiger charge is -2.10. The minimum Gasteiger partial charge on any atom is -0.489 e. The number of halogens is 1. The van der Waals surface area contributed by atoms with Gasteiger partial charge in [-0.2, -0.15) is 0 Å². The number of para-hydroxylation sites is 1. The number of hydrogen-bond donors (Lipinski definition) is 0. The highest BCUT2D eigenvalue weighted by atomic mass is 32.2. The fourth-order valence-electron chi connectivity index (χ4n) is 2.20. The van der Waals surface area contributed by atoms with Crippen molar-refractivity contribution in [1.82, 2.24) is 0 Å². The van der Waals surface area contributed by atoms with Gasteiger partial charge in [0, 0.05) is 11.3 Å². The van der Waals surface area contributed by atoms with Gasteiger partial charge in [0.15, 0.2) is 0 Å². The normalized spacial score (nSPS) is 18.7. The molecule has 1 aliphatic rings. The highest BCUT2D eigenvalue weighted by Gasteiger charge is 2.24. The summed E-state index contributed by atoms with van der Waals surface area (Å²) in [6.45, 7) is 0. The van der Waals surface area contributed by atoms with Crippen molar-refractivity contribution in [3.05, 3.63) is 59.9 Å². The maximum Gasteiger partial charge on any atom is 0.123 e. The number of rotatable bonds is 3. The topological polar surface area (TPSA) is 26.3 Å². The average molecular weight is 276 g/mol. The third-order valence-electron chi connectivity index (χ3n) is 3.13. The Kier molecular flexibility index (Phi) is 3.34. The van der Waals surface area contributed by atoms with Crippen molar-refractivity contribution in [1.29, 1.82) is 0 Å². The fourth-order valence-corrected chi connectivity index (χ4v) is 3.35. The maximum absolute atomic E-state index is 12.8. The summed E-state index contributed by atoms with van der Waals surface area (Å²) in [6.07, 6.45) is 0.714. The second-order valence-electron chi connectivity index (χ2n) is 4.52. The number of benzene rings is 2. The number of fused-ring (bicyclic) bond motifs is 1. The summed E-state index contributed by atoms with van der Waals surface area (Å²) in [5.41, 5.74) is 1.16. The maximum atomic E-state index is 12.8. The monoisotopic (exact) mass is 276 g/mol. The van der Waals surface area contributed by atoms with E-state index in [1.807, 2.05) is 24.3 Å². The average Bonchev–Trinajstić information content (AvgIpc) is 2.81. The van der Waals surface area contributed by atoms with Crippen LogP contribution in [0.1, 0.15) is 5.56 Å². The molecule has 1 aliphatic heterocycles. The van der Waals surface area contributed by atoms with E-state index < -0.39 is 10.8 Å². The van der Waals surface area contributed by atoms with Gasteiger partial charge in [-0.05, 0) is 35.9 Å². The molecule has 2 unspecified atom stereocenters. The molecule has 98 valence electrons. The molecule has 2 aromatic rings. The van der Waals surface area contributed by atoms with Crippen molar-refractivity contribution in [2.24, 2.45) is 0 Å². The van der Waals surface area contributed by atoms with Gasteiger partial charge < -0.3 is 4.74 Å². The predicted molar refractivity (Wildman–Crippen MR) is 72.2 cm³/mol. The van der Waals surface area contributed by atoms with Crippen molar-refractivity contribution in [3.63, 3.8) is 0 Å². The van der Waals surface area contributed by atoms with E-state index in [1.165, 1.54) is 12.1 Å². The molecule has 2 aromatic carbocycles. The van der Waals surface area contributed by atoms with Crippen LogP contribution < -0.4 is 4.74 Å². The van der Waals surface area contributed by atoms with Gasteiger partial charge in [-0.15, -0.1) is 0 Å². The molecule has 2 atom stereocenters. The molecule has 1 heterocycles. The largest absolute Gasteiger partial charge is 0.489 e. The minimum absolute atomic E-state index is 0.0664.